The molecule has 0 bridgehead atoms. The Morgan fingerprint density at radius 1 is 1.10 bits per heavy atom. The van der Waals surface area contributed by atoms with Gasteiger partial charge in [0, 0.05) is 55.6 Å². The number of nitrogens with one attached hydrogen (secondary N) is 1. The number of aromatic nitrogens is 1. The summed E-state index contributed by atoms with van der Waals surface area (Å²) in [5, 5.41) is 11.9. The van der Waals surface area contributed by atoms with Gasteiger partial charge in [-0.2, -0.15) is 0 Å². The lowest BCUT2D eigenvalue weighted by Gasteiger charge is -2.49. The monoisotopic (exact) mass is 693 g/mol. The van der Waals surface area contributed by atoms with Gasteiger partial charge in [-0.3, -0.25) is 24.1 Å². The summed E-state index contributed by atoms with van der Waals surface area (Å²) < 4.78 is 27.8. The standard InChI is InChI=1S/C33H32FN5O9S/c1-2-37-14-22(29(42)21-12-23(34)25(13-24(21)37)38-10-8-36(18-40)9-11-38)33(46)48-15-19-17-49-31-27(30(43)39(31)28(19)32(44)45)35-26(41)16-47-20-6-4-3-5-7-20/h3-7,12-14,18,27,31H,2,8-11,15-17H2,1H3,(H,35,41)(H,44,45)/t27-,31?/m1/s1. The second-order valence-electron chi connectivity index (χ2n) is 11.5. The van der Waals surface area contributed by atoms with Crippen LogP contribution in [0.15, 0.2) is 64.7 Å². The van der Waals surface area contributed by atoms with Crippen LogP contribution < -0.4 is 20.4 Å². The summed E-state index contributed by atoms with van der Waals surface area (Å²) in [6, 6.07) is 10.3. The lowest BCUT2D eigenvalue weighted by Crippen LogP contribution is -2.71. The van der Waals surface area contributed by atoms with Crippen molar-refractivity contribution in [3.05, 3.63) is 81.5 Å². The first-order valence-electron chi connectivity index (χ1n) is 15.5. The molecule has 2 aromatic carbocycles. The molecular weight excluding hydrogens is 661 g/mol. The highest BCUT2D eigenvalue weighted by molar-refractivity contribution is 8.00. The summed E-state index contributed by atoms with van der Waals surface area (Å²) in [7, 11) is 0. The molecule has 6 rings (SSSR count). The Balaban J connectivity index is 1.15. The van der Waals surface area contributed by atoms with Crippen molar-refractivity contribution in [2.24, 2.45) is 0 Å². The van der Waals surface area contributed by atoms with Crippen molar-refractivity contribution < 1.29 is 42.9 Å². The van der Waals surface area contributed by atoms with Gasteiger partial charge in [-0.05, 0) is 31.2 Å². The van der Waals surface area contributed by atoms with Gasteiger partial charge in [0.1, 0.15) is 40.8 Å². The second-order valence-corrected chi connectivity index (χ2v) is 12.6. The fourth-order valence-electron chi connectivity index (χ4n) is 6.02. The Labute approximate surface area is 283 Å². The molecule has 2 atom stereocenters. The number of esters is 1. The minimum Gasteiger partial charge on any atom is -0.484 e. The number of carbonyl (C=O) groups excluding carboxylic acids is 4. The normalized spacial score (nSPS) is 18.9. The Morgan fingerprint density at radius 2 is 1.84 bits per heavy atom. The number of aliphatic carboxylic acids is 1. The molecule has 3 aliphatic rings. The lowest BCUT2D eigenvalue weighted by molar-refractivity contribution is -0.151. The summed E-state index contributed by atoms with van der Waals surface area (Å²) in [6.07, 6.45) is 2.07. The summed E-state index contributed by atoms with van der Waals surface area (Å²) in [5.74, 6) is -3.75. The second kappa shape index (κ2) is 14.0. The molecular formula is C33H32FN5O9S. The zero-order valence-corrected chi connectivity index (χ0v) is 27.1. The van der Waals surface area contributed by atoms with E-state index in [0.717, 1.165) is 17.4 Å². The van der Waals surface area contributed by atoms with Gasteiger partial charge in [0.05, 0.1) is 11.2 Å². The van der Waals surface area contributed by atoms with Crippen LogP contribution in [0.1, 0.15) is 17.3 Å². The van der Waals surface area contributed by atoms with Crippen LogP contribution in [0.25, 0.3) is 10.9 Å². The van der Waals surface area contributed by atoms with Gasteiger partial charge in [0.2, 0.25) is 11.8 Å². The molecule has 3 aliphatic heterocycles. The van der Waals surface area contributed by atoms with Crippen LogP contribution in [0.4, 0.5) is 10.1 Å². The van der Waals surface area contributed by atoms with Crippen LogP contribution in [0.2, 0.25) is 0 Å². The number of carboxylic acids is 1. The lowest BCUT2D eigenvalue weighted by atomic mass is 10.0. The van der Waals surface area contributed by atoms with Crippen molar-refractivity contribution in [3.63, 3.8) is 0 Å². The van der Waals surface area contributed by atoms with E-state index < -0.39 is 53.0 Å². The molecule has 0 spiro atoms. The molecule has 4 heterocycles. The van der Waals surface area contributed by atoms with Gasteiger partial charge in [0.25, 0.3) is 11.8 Å². The molecule has 2 fully saturated rings. The van der Waals surface area contributed by atoms with E-state index in [9.17, 15) is 33.9 Å². The highest BCUT2D eigenvalue weighted by Crippen LogP contribution is 2.40. The van der Waals surface area contributed by atoms with Gasteiger partial charge in [-0.25, -0.2) is 14.0 Å². The highest BCUT2D eigenvalue weighted by atomic mass is 32.2. The summed E-state index contributed by atoms with van der Waals surface area (Å²) >= 11 is 1.19. The van der Waals surface area contributed by atoms with Crippen molar-refractivity contribution in [2.75, 3.05) is 50.0 Å². The molecule has 1 aromatic heterocycles. The maximum atomic E-state index is 15.3. The number of piperazine rings is 1. The molecule has 3 amide bonds. The van der Waals surface area contributed by atoms with Crippen LogP contribution in [-0.2, 0) is 30.5 Å². The van der Waals surface area contributed by atoms with E-state index in [4.69, 9.17) is 9.47 Å². The van der Waals surface area contributed by atoms with Crippen LogP contribution in [0.5, 0.6) is 5.75 Å². The number of aryl methyl sites for hydroxylation is 1. The number of amides is 3. The Hall–Kier alpha value is -5.38. The first kappa shape index (κ1) is 33.5. The van der Waals surface area contributed by atoms with Crippen molar-refractivity contribution in [3.8, 4) is 5.75 Å². The van der Waals surface area contributed by atoms with Crippen LogP contribution in [0, 0.1) is 5.82 Å². The molecule has 2 N–H and O–H groups in total. The predicted molar refractivity (Wildman–Crippen MR) is 176 cm³/mol. The number of ether oxygens (including phenoxy) is 2. The molecule has 14 nitrogen and oxygen atoms in total. The first-order chi connectivity index (χ1) is 23.6. The van der Waals surface area contributed by atoms with Gasteiger partial charge in [0.15, 0.2) is 6.61 Å². The molecule has 0 aliphatic carbocycles. The third-order valence-corrected chi connectivity index (χ3v) is 9.91. The van der Waals surface area contributed by atoms with Crippen molar-refractivity contribution >= 4 is 58.5 Å². The van der Waals surface area contributed by atoms with E-state index in [-0.39, 0.29) is 40.3 Å². The summed E-state index contributed by atoms with van der Waals surface area (Å²) in [5.41, 5.74) is -0.651. The number of pyridine rings is 1. The van der Waals surface area contributed by atoms with Gasteiger partial charge >= 0.3 is 11.9 Å². The third kappa shape index (κ3) is 6.55. The zero-order valence-electron chi connectivity index (χ0n) is 26.3. The number of thioether (sulfide) groups is 1. The molecule has 256 valence electrons. The number of nitrogens with zero attached hydrogens (tertiary/aromatic N) is 4. The van der Waals surface area contributed by atoms with E-state index >= 15 is 4.39 Å². The van der Waals surface area contributed by atoms with E-state index in [1.165, 1.54) is 18.0 Å². The average molecular weight is 694 g/mol. The minimum absolute atomic E-state index is 0.0287. The largest absolute Gasteiger partial charge is 0.484 e. The van der Waals surface area contributed by atoms with E-state index in [2.05, 4.69) is 5.32 Å². The Morgan fingerprint density at radius 3 is 2.51 bits per heavy atom. The quantitative estimate of drug-likeness (QED) is 0.169. The SMILES string of the molecule is CCn1cc(C(=O)OCC2=C(C(=O)O)N3C(=O)[C@@H](NC(=O)COc4ccccc4)C3SC2)c(=O)c2cc(F)c(N3CCN(C=O)CC3)cc21. The number of carbonyl (C=O) groups is 5. The number of anilines is 1. The topological polar surface area (TPSA) is 168 Å². The Kier molecular flexibility index (Phi) is 9.58. The van der Waals surface area contributed by atoms with Crippen molar-refractivity contribution in [1.82, 2.24) is 19.7 Å². The van der Waals surface area contributed by atoms with Crippen LogP contribution >= 0.6 is 11.8 Å². The number of para-hydroxylation sites is 1. The summed E-state index contributed by atoms with van der Waals surface area (Å²) in [6.45, 7) is 2.96. The number of fused-ring (bicyclic) bond motifs is 2. The molecule has 16 heteroatoms. The molecule has 0 radical (unpaired) electrons. The smallest absolute Gasteiger partial charge is 0.352 e. The fraction of sp³-hybridized carbons (Fsp3) is 0.333. The highest BCUT2D eigenvalue weighted by Gasteiger charge is 2.54. The van der Waals surface area contributed by atoms with Crippen molar-refractivity contribution in [2.45, 2.75) is 24.9 Å². The fourth-order valence-corrected chi connectivity index (χ4v) is 7.35. The summed E-state index contributed by atoms with van der Waals surface area (Å²) in [4.78, 5) is 79.9. The average Bonchev–Trinajstić information content (AvgIpc) is 3.12. The molecule has 0 saturated carbocycles. The van der Waals surface area contributed by atoms with Crippen LogP contribution in [-0.4, -0.2) is 106 Å². The van der Waals surface area contributed by atoms with Gasteiger partial charge in [-0.15, -0.1) is 11.8 Å². The number of β-lactam (4-membered cyclic amide) rings is 1. The maximum Gasteiger partial charge on any atom is 0.352 e. The Bertz CT molecular complexity index is 1930. The van der Waals surface area contributed by atoms with Gasteiger partial charge < -0.3 is 34.3 Å². The zero-order chi connectivity index (χ0) is 34.8. The number of benzene rings is 2. The van der Waals surface area contributed by atoms with E-state index in [1.807, 2.05) is 0 Å². The maximum absolute atomic E-state index is 15.3. The number of hydrogen-bond acceptors (Lipinski definition) is 10. The van der Waals surface area contributed by atoms with Gasteiger partial charge in [-0.1, -0.05) is 18.2 Å². The van der Waals surface area contributed by atoms with E-state index in [0.29, 0.717) is 44.0 Å². The molecule has 49 heavy (non-hydrogen) atoms. The third-order valence-electron chi connectivity index (χ3n) is 8.57. The van der Waals surface area contributed by atoms with Crippen LogP contribution in [0.3, 0.4) is 0 Å². The molecule has 2 saturated heterocycles. The molecule has 3 aromatic rings. The molecule has 1 unspecified atom stereocenters. The number of halogens is 1. The number of rotatable bonds is 11. The number of hydrogen-bond donors (Lipinski definition) is 2. The van der Waals surface area contributed by atoms with E-state index in [1.54, 1.807) is 57.7 Å². The van der Waals surface area contributed by atoms with Crippen molar-refractivity contribution in [1.29, 1.82) is 0 Å². The first-order valence-corrected chi connectivity index (χ1v) is 16.5. The minimum atomic E-state index is -1.42. The predicted octanol–water partition coefficient (Wildman–Crippen LogP) is 1.41. The number of carboxylic acid groups (broad SMARTS) is 1.